The molecule has 3 aromatic carbocycles. The van der Waals surface area contributed by atoms with Gasteiger partial charge in [-0.25, -0.2) is 4.98 Å². The topological polar surface area (TPSA) is 78.0 Å². The number of nitrogens with zero attached hydrogens (tertiary/aromatic N) is 3. The molecule has 6 nitrogen and oxygen atoms in total. The smallest absolute Gasteiger partial charge is 0.268 e. The summed E-state index contributed by atoms with van der Waals surface area (Å²) in [7, 11) is 0. The minimum atomic E-state index is -0.448. The fourth-order valence-electron chi connectivity index (χ4n) is 3.11. The molecule has 0 saturated carbocycles. The summed E-state index contributed by atoms with van der Waals surface area (Å²) in [5.74, 6) is 0.319. The van der Waals surface area contributed by atoms with Crippen molar-refractivity contribution in [1.82, 2.24) is 9.55 Å². The lowest BCUT2D eigenvalue weighted by molar-refractivity contribution is -0.385. The Morgan fingerprint density at radius 3 is 2.53 bits per heavy atom. The number of benzene rings is 3. The van der Waals surface area contributed by atoms with Crippen LogP contribution in [0.3, 0.4) is 0 Å². The lowest BCUT2D eigenvalue weighted by atomic mass is 10.1. The van der Waals surface area contributed by atoms with Crippen molar-refractivity contribution in [3.05, 3.63) is 107 Å². The van der Waals surface area contributed by atoms with Crippen LogP contribution in [0.5, 0.6) is 0 Å². The third-order valence-electron chi connectivity index (χ3n) is 4.49. The average Bonchev–Trinajstić information content (AvgIpc) is 2.74. The normalized spacial score (nSPS) is 11.3. The van der Waals surface area contributed by atoms with Gasteiger partial charge in [0.25, 0.3) is 11.2 Å². The van der Waals surface area contributed by atoms with Crippen molar-refractivity contribution in [3.63, 3.8) is 0 Å². The van der Waals surface area contributed by atoms with Gasteiger partial charge in [-0.2, -0.15) is 0 Å². The van der Waals surface area contributed by atoms with Crippen molar-refractivity contribution in [2.24, 2.45) is 0 Å². The minimum absolute atomic E-state index is 0.0317. The molecular formula is C22H13ClIN3O3. The van der Waals surface area contributed by atoms with Crippen molar-refractivity contribution < 1.29 is 4.92 Å². The van der Waals surface area contributed by atoms with Crippen LogP contribution in [-0.4, -0.2) is 14.5 Å². The molecule has 0 atom stereocenters. The highest BCUT2D eigenvalue weighted by Gasteiger charge is 2.15. The van der Waals surface area contributed by atoms with Gasteiger partial charge in [0.2, 0.25) is 0 Å². The first-order chi connectivity index (χ1) is 14.5. The number of halogens is 2. The number of hydrogen-bond donors (Lipinski definition) is 0. The average molecular weight is 530 g/mol. The number of hydrogen-bond acceptors (Lipinski definition) is 4. The Morgan fingerprint density at radius 2 is 1.77 bits per heavy atom. The zero-order valence-corrected chi connectivity index (χ0v) is 18.2. The Labute approximate surface area is 189 Å². The summed E-state index contributed by atoms with van der Waals surface area (Å²) < 4.78 is 2.33. The summed E-state index contributed by atoms with van der Waals surface area (Å²) in [6.45, 7) is 0. The van der Waals surface area contributed by atoms with Crippen molar-refractivity contribution in [2.75, 3.05) is 0 Å². The molecule has 8 heteroatoms. The fourth-order valence-corrected chi connectivity index (χ4v) is 3.82. The molecule has 0 aliphatic heterocycles. The first kappa shape index (κ1) is 20.2. The zero-order chi connectivity index (χ0) is 21.3. The molecule has 30 heavy (non-hydrogen) atoms. The van der Waals surface area contributed by atoms with Crippen LogP contribution >= 0.6 is 34.2 Å². The second-order valence-electron chi connectivity index (χ2n) is 6.37. The molecule has 4 aromatic rings. The van der Waals surface area contributed by atoms with Gasteiger partial charge in [-0.1, -0.05) is 35.9 Å². The molecule has 148 valence electrons. The van der Waals surface area contributed by atoms with Crippen LogP contribution in [0.15, 0.2) is 71.5 Å². The molecule has 0 bridgehead atoms. The van der Waals surface area contributed by atoms with E-state index in [2.05, 4.69) is 27.6 Å². The number of nitro groups is 1. The molecule has 0 saturated heterocycles. The van der Waals surface area contributed by atoms with Crippen LogP contribution in [0.2, 0.25) is 5.02 Å². The molecular weight excluding hydrogens is 517 g/mol. The maximum absolute atomic E-state index is 13.4. The summed E-state index contributed by atoms with van der Waals surface area (Å²) in [5, 5.41) is 12.2. The van der Waals surface area contributed by atoms with Gasteiger partial charge in [0.05, 0.1) is 32.1 Å². The molecule has 4 rings (SSSR count). The van der Waals surface area contributed by atoms with Gasteiger partial charge >= 0.3 is 0 Å². The van der Waals surface area contributed by atoms with E-state index in [9.17, 15) is 14.9 Å². The predicted molar refractivity (Wildman–Crippen MR) is 127 cm³/mol. The predicted octanol–water partition coefficient (Wildman–Crippen LogP) is 5.72. The molecule has 1 heterocycles. The summed E-state index contributed by atoms with van der Waals surface area (Å²) in [5.41, 5.74) is 1.13. The van der Waals surface area contributed by atoms with Gasteiger partial charge < -0.3 is 0 Å². The van der Waals surface area contributed by atoms with Crippen LogP contribution in [0, 0.1) is 13.7 Å². The van der Waals surface area contributed by atoms with E-state index in [-0.39, 0.29) is 11.2 Å². The second-order valence-corrected chi connectivity index (χ2v) is 8.03. The van der Waals surface area contributed by atoms with Crippen LogP contribution < -0.4 is 5.56 Å². The number of para-hydroxylation sites is 2. The van der Waals surface area contributed by atoms with Crippen molar-refractivity contribution in [2.45, 2.75) is 0 Å². The Bertz CT molecular complexity index is 1380. The van der Waals surface area contributed by atoms with Gasteiger partial charge in [-0.15, -0.1) is 0 Å². The van der Waals surface area contributed by atoms with Gasteiger partial charge in [0.1, 0.15) is 5.82 Å². The SMILES string of the molecule is O=c1c2cc(I)ccc2nc(/C=C/c2ccccc2[N+](=O)[O-])n1-c1ccccc1Cl. The molecule has 0 aliphatic carbocycles. The van der Waals surface area contributed by atoms with E-state index in [4.69, 9.17) is 11.6 Å². The molecule has 0 radical (unpaired) electrons. The lowest BCUT2D eigenvalue weighted by Gasteiger charge is -2.13. The highest BCUT2D eigenvalue weighted by molar-refractivity contribution is 14.1. The van der Waals surface area contributed by atoms with Gasteiger partial charge in [0.15, 0.2) is 0 Å². The molecule has 0 fully saturated rings. The monoisotopic (exact) mass is 529 g/mol. The quantitative estimate of drug-likeness (QED) is 0.192. The molecule has 0 N–H and O–H groups in total. The van der Waals surface area contributed by atoms with E-state index in [0.717, 1.165) is 3.57 Å². The Balaban J connectivity index is 1.99. The molecule has 0 spiro atoms. The Hall–Kier alpha value is -3.04. The minimum Gasteiger partial charge on any atom is -0.268 e. The highest BCUT2D eigenvalue weighted by atomic mass is 127. The Kier molecular flexibility index (Phi) is 5.65. The van der Waals surface area contributed by atoms with Crippen LogP contribution in [0.25, 0.3) is 28.7 Å². The van der Waals surface area contributed by atoms with E-state index in [1.165, 1.54) is 10.6 Å². The van der Waals surface area contributed by atoms with Crippen LogP contribution in [-0.2, 0) is 0 Å². The fraction of sp³-hybridized carbons (Fsp3) is 0. The molecule has 0 unspecified atom stereocenters. The summed E-state index contributed by atoms with van der Waals surface area (Å²) >= 11 is 8.51. The molecule has 0 amide bonds. The molecule has 0 aliphatic rings. The van der Waals surface area contributed by atoms with Crippen molar-refractivity contribution in [3.8, 4) is 5.69 Å². The van der Waals surface area contributed by atoms with E-state index in [1.54, 1.807) is 66.7 Å². The first-order valence-corrected chi connectivity index (χ1v) is 10.3. The summed E-state index contributed by atoms with van der Waals surface area (Å²) in [6.07, 6.45) is 3.16. The maximum Gasteiger partial charge on any atom is 0.276 e. The number of nitro benzene ring substituents is 1. The van der Waals surface area contributed by atoms with Crippen LogP contribution in [0.1, 0.15) is 11.4 Å². The number of fused-ring (bicyclic) bond motifs is 1. The summed E-state index contributed by atoms with van der Waals surface area (Å²) in [4.78, 5) is 28.8. The van der Waals surface area contributed by atoms with Gasteiger partial charge in [-0.05, 0) is 71.1 Å². The van der Waals surface area contributed by atoms with E-state index >= 15 is 0 Å². The van der Waals surface area contributed by atoms with Gasteiger partial charge in [0, 0.05) is 9.64 Å². The lowest BCUT2D eigenvalue weighted by Crippen LogP contribution is -2.22. The van der Waals surface area contributed by atoms with E-state index in [1.807, 2.05) is 6.07 Å². The van der Waals surface area contributed by atoms with Crippen LogP contribution in [0.4, 0.5) is 5.69 Å². The summed E-state index contributed by atoms with van der Waals surface area (Å²) in [6, 6.07) is 18.8. The second kappa shape index (κ2) is 8.37. The van der Waals surface area contributed by atoms with Crippen molar-refractivity contribution in [1.29, 1.82) is 0 Å². The third-order valence-corrected chi connectivity index (χ3v) is 5.49. The number of aromatic nitrogens is 2. The van der Waals surface area contributed by atoms with E-state index < -0.39 is 4.92 Å². The van der Waals surface area contributed by atoms with E-state index in [0.29, 0.717) is 33.0 Å². The standard InChI is InChI=1S/C22H13ClIN3O3/c23-17-6-2-4-8-20(17)26-21(12-9-14-5-1-3-7-19(14)27(29)30)25-18-11-10-15(24)13-16(18)22(26)28/h1-13H/b12-9+. The third kappa shape index (κ3) is 3.86. The van der Waals surface area contributed by atoms with Crippen molar-refractivity contribution >= 4 is 62.9 Å². The maximum atomic E-state index is 13.4. The molecule has 1 aromatic heterocycles. The first-order valence-electron chi connectivity index (χ1n) is 8.84. The number of rotatable bonds is 4. The highest BCUT2D eigenvalue weighted by Crippen LogP contribution is 2.24. The largest absolute Gasteiger partial charge is 0.276 e. The Morgan fingerprint density at radius 1 is 1.03 bits per heavy atom. The zero-order valence-electron chi connectivity index (χ0n) is 15.3. The van der Waals surface area contributed by atoms with Gasteiger partial charge in [-0.3, -0.25) is 19.5 Å².